The molecule has 0 radical (unpaired) electrons. The summed E-state index contributed by atoms with van der Waals surface area (Å²) in [5.74, 6) is -1.97. The number of rotatable bonds is 19. The minimum Gasteiger partial charge on any atom is -0.478 e. The van der Waals surface area contributed by atoms with Crippen LogP contribution in [-0.4, -0.2) is 73.1 Å². The van der Waals surface area contributed by atoms with Crippen LogP contribution in [0.15, 0.2) is 109 Å². The summed E-state index contributed by atoms with van der Waals surface area (Å²) in [6.45, 7) is 12.6. The monoisotopic (exact) mass is 1040 g/mol. The summed E-state index contributed by atoms with van der Waals surface area (Å²) in [5, 5.41) is 18.4. The van der Waals surface area contributed by atoms with E-state index in [4.69, 9.17) is 43.5 Å². The molecule has 1 amide bonds. The second-order valence-corrected chi connectivity index (χ2v) is 19.0. The SMILES string of the molecule is CC(C)(C)OC(=O)CCc1ncccc1CN.CC(C)(C)OC(=O)CCc1ncccc1CNC(=O)c1ccc(Cl)nc1NCCc1cccc(F)c1.O=C(O)c1ccc(Cl)nc1NCCc1cccc(F)c1. The van der Waals surface area contributed by atoms with Crippen molar-refractivity contribution in [1.29, 1.82) is 0 Å². The molecule has 0 spiro atoms. The molecule has 15 nitrogen and oxygen atoms in total. The number of aromatic nitrogens is 4. The van der Waals surface area contributed by atoms with Crippen molar-refractivity contribution in [3.63, 3.8) is 0 Å². The summed E-state index contributed by atoms with van der Waals surface area (Å²) in [7, 11) is 0. The minimum absolute atomic E-state index is 0.0497. The van der Waals surface area contributed by atoms with Crippen LogP contribution in [-0.2, 0) is 57.8 Å². The quantitative estimate of drug-likeness (QED) is 0.0377. The number of nitrogens with one attached hydrogen (secondary N) is 3. The van der Waals surface area contributed by atoms with E-state index in [0.29, 0.717) is 68.8 Å². The Balaban J connectivity index is 0.000000262. The lowest BCUT2D eigenvalue weighted by molar-refractivity contribution is -0.155. The summed E-state index contributed by atoms with van der Waals surface area (Å²) >= 11 is 11.8. The predicted octanol–water partition coefficient (Wildman–Crippen LogP) is 10.2. The molecule has 4 aromatic heterocycles. The van der Waals surface area contributed by atoms with E-state index < -0.39 is 17.2 Å². The number of nitrogens with two attached hydrogens (primary N) is 1. The first-order valence-corrected chi connectivity index (χ1v) is 24.1. The van der Waals surface area contributed by atoms with Crippen LogP contribution in [0.4, 0.5) is 20.4 Å². The second kappa shape index (κ2) is 28.8. The number of amides is 1. The topological polar surface area (TPSA) is 221 Å². The highest BCUT2D eigenvalue weighted by molar-refractivity contribution is 6.30. The maximum absolute atomic E-state index is 13.4. The van der Waals surface area contributed by atoms with Crippen LogP contribution >= 0.6 is 23.2 Å². The molecule has 0 aliphatic heterocycles. The fourth-order valence-corrected chi connectivity index (χ4v) is 7.06. The first kappa shape index (κ1) is 58.5. The molecule has 0 aliphatic carbocycles. The Bertz CT molecular complexity index is 2790. The van der Waals surface area contributed by atoms with Crippen molar-refractivity contribution in [2.75, 3.05) is 23.7 Å². The number of aryl methyl sites for hydroxylation is 2. The molecule has 0 saturated heterocycles. The molecule has 0 saturated carbocycles. The van der Waals surface area contributed by atoms with E-state index in [1.165, 1.54) is 36.4 Å². The number of carbonyl (C=O) groups is 4. The number of benzene rings is 2. The van der Waals surface area contributed by atoms with Crippen molar-refractivity contribution in [1.82, 2.24) is 25.3 Å². The lowest BCUT2D eigenvalue weighted by Gasteiger charge is -2.19. The van der Waals surface area contributed by atoms with Gasteiger partial charge in [0.05, 0.1) is 18.4 Å². The molecule has 73 heavy (non-hydrogen) atoms. The number of ether oxygens (including phenoxy) is 2. The Labute approximate surface area is 434 Å². The van der Waals surface area contributed by atoms with Gasteiger partial charge in [-0.1, -0.05) is 59.6 Å². The highest BCUT2D eigenvalue weighted by Gasteiger charge is 2.19. The molecule has 6 rings (SSSR count). The van der Waals surface area contributed by atoms with Crippen LogP contribution in [0.2, 0.25) is 10.3 Å². The van der Waals surface area contributed by atoms with Gasteiger partial charge in [0, 0.05) is 62.8 Å². The van der Waals surface area contributed by atoms with Crippen molar-refractivity contribution in [2.24, 2.45) is 5.73 Å². The molecule has 0 aliphatic rings. The van der Waals surface area contributed by atoms with Crippen LogP contribution in [0, 0.1) is 11.6 Å². The number of carboxylic acids is 1. The fraction of sp³-hybridized carbons (Fsp3) is 0.333. The Morgan fingerprint density at radius 3 is 1.52 bits per heavy atom. The highest BCUT2D eigenvalue weighted by atomic mass is 35.5. The number of carbonyl (C=O) groups excluding carboxylic acids is 3. The highest BCUT2D eigenvalue weighted by Crippen LogP contribution is 2.20. The largest absolute Gasteiger partial charge is 0.478 e. The number of carboxylic acid groups (broad SMARTS) is 1. The van der Waals surface area contributed by atoms with Crippen molar-refractivity contribution in [2.45, 2.75) is 104 Å². The summed E-state index contributed by atoms with van der Waals surface area (Å²) < 4.78 is 37.0. The second-order valence-electron chi connectivity index (χ2n) is 18.3. The van der Waals surface area contributed by atoms with Crippen LogP contribution in [0.25, 0.3) is 0 Å². The molecular weight excluding hydrogens is 982 g/mol. The molecule has 4 heterocycles. The Morgan fingerprint density at radius 1 is 0.616 bits per heavy atom. The predicted molar refractivity (Wildman–Crippen MR) is 279 cm³/mol. The number of halogens is 4. The van der Waals surface area contributed by atoms with Gasteiger partial charge >= 0.3 is 17.9 Å². The van der Waals surface area contributed by atoms with Gasteiger partial charge in [0.25, 0.3) is 5.91 Å². The maximum atomic E-state index is 13.4. The van der Waals surface area contributed by atoms with E-state index >= 15 is 0 Å². The van der Waals surface area contributed by atoms with Gasteiger partial charge in [-0.05, 0) is 137 Å². The van der Waals surface area contributed by atoms with E-state index in [2.05, 4.69) is 35.9 Å². The van der Waals surface area contributed by atoms with Gasteiger partial charge in [0.15, 0.2) is 0 Å². The summed E-state index contributed by atoms with van der Waals surface area (Å²) in [4.78, 5) is 64.5. The average Bonchev–Trinajstić information content (AvgIpc) is 3.32. The average molecular weight is 1040 g/mol. The Hall–Kier alpha value is -7.08. The third-order valence-corrected chi connectivity index (χ3v) is 10.4. The molecular formula is C54H62Cl2F2N8O7. The number of aromatic carboxylic acids is 1. The maximum Gasteiger partial charge on any atom is 0.339 e. The van der Waals surface area contributed by atoms with Gasteiger partial charge in [0.2, 0.25) is 0 Å². The van der Waals surface area contributed by atoms with Crippen LogP contribution in [0.5, 0.6) is 0 Å². The van der Waals surface area contributed by atoms with Crippen LogP contribution in [0.3, 0.4) is 0 Å². The third kappa shape index (κ3) is 22.1. The zero-order chi connectivity index (χ0) is 53.6. The van der Waals surface area contributed by atoms with Gasteiger partial charge in [-0.15, -0.1) is 0 Å². The number of anilines is 2. The molecule has 0 bridgehead atoms. The number of esters is 2. The molecule has 19 heteroatoms. The molecule has 0 unspecified atom stereocenters. The Morgan fingerprint density at radius 2 is 1.07 bits per heavy atom. The lowest BCUT2D eigenvalue weighted by Crippen LogP contribution is -2.26. The zero-order valence-corrected chi connectivity index (χ0v) is 43.2. The van der Waals surface area contributed by atoms with Gasteiger partial charge in [-0.3, -0.25) is 24.4 Å². The minimum atomic E-state index is -1.08. The third-order valence-electron chi connectivity index (χ3n) is 9.99. The smallest absolute Gasteiger partial charge is 0.339 e. The molecule has 6 N–H and O–H groups in total. The van der Waals surface area contributed by atoms with Gasteiger partial charge < -0.3 is 36.3 Å². The molecule has 2 aromatic carbocycles. The summed E-state index contributed by atoms with van der Waals surface area (Å²) in [6, 6.07) is 26.0. The van der Waals surface area contributed by atoms with Crippen molar-refractivity contribution >= 4 is 58.7 Å². The van der Waals surface area contributed by atoms with Crippen molar-refractivity contribution < 1.29 is 42.5 Å². The molecule has 6 aromatic rings. The van der Waals surface area contributed by atoms with Crippen LogP contribution in [0.1, 0.15) is 109 Å². The van der Waals surface area contributed by atoms with Gasteiger partial charge in [0.1, 0.15) is 50.3 Å². The van der Waals surface area contributed by atoms with Gasteiger partial charge in [-0.25, -0.2) is 23.5 Å². The normalized spacial score (nSPS) is 10.9. The van der Waals surface area contributed by atoms with E-state index in [1.54, 1.807) is 48.8 Å². The van der Waals surface area contributed by atoms with E-state index in [9.17, 15) is 28.0 Å². The zero-order valence-electron chi connectivity index (χ0n) is 41.7. The first-order chi connectivity index (χ1) is 34.6. The lowest BCUT2D eigenvalue weighted by atomic mass is 10.1. The summed E-state index contributed by atoms with van der Waals surface area (Å²) in [5.41, 5.74) is 10.0. The van der Waals surface area contributed by atoms with Gasteiger partial charge in [-0.2, -0.15) is 0 Å². The van der Waals surface area contributed by atoms with E-state index in [1.807, 2.05) is 65.8 Å². The van der Waals surface area contributed by atoms with Crippen molar-refractivity contribution in [3.8, 4) is 0 Å². The standard InChI is InChI=1S/C27H30ClFN4O3.C14H12ClFN2O2.C13H20N2O2/c1-27(2,3)36-24(34)12-10-22-19(7-5-14-30-22)17-32-26(35)21-9-11-23(28)33-25(21)31-15-13-18-6-4-8-20(29)16-18;15-12-5-4-11(14(19)20)13(18-12)17-7-6-9-2-1-3-10(16)8-9;1-13(2,3)17-12(16)7-6-11-10(9-14)5-4-8-15-11/h4-9,11,14,16H,10,12-13,15,17H2,1-3H3,(H,31,33)(H,32,35);1-5,8H,6-7H2,(H,17,18)(H,19,20);4-5,8H,6-7,9,14H2,1-3H3. The summed E-state index contributed by atoms with van der Waals surface area (Å²) in [6.07, 6.45) is 5.95. The fourth-order valence-electron chi connectivity index (χ4n) is 6.77. The number of hydrogen-bond acceptors (Lipinski definition) is 13. The van der Waals surface area contributed by atoms with Crippen LogP contribution < -0.4 is 21.7 Å². The number of nitrogens with zero attached hydrogens (tertiary/aromatic N) is 4. The molecule has 388 valence electrons. The molecule has 0 atom stereocenters. The first-order valence-electron chi connectivity index (χ1n) is 23.4. The number of pyridine rings is 4. The van der Waals surface area contributed by atoms with Crippen molar-refractivity contribution in [3.05, 3.63) is 176 Å². The number of hydrogen-bond donors (Lipinski definition) is 5. The Kier molecular flexibility index (Phi) is 23.1. The van der Waals surface area contributed by atoms with E-state index in [0.717, 1.165) is 27.9 Å². The molecule has 0 fully saturated rings. The van der Waals surface area contributed by atoms with E-state index in [-0.39, 0.29) is 64.1 Å².